The first-order valence-corrected chi connectivity index (χ1v) is 6.00. The van der Waals surface area contributed by atoms with Gasteiger partial charge in [-0.2, -0.15) is 10.2 Å². The molecule has 84 valence electrons. The molecular weight excluding hydrogens is 208 g/mol. The first-order valence-electron chi connectivity index (χ1n) is 6.00. The minimum absolute atomic E-state index is 0.936. The summed E-state index contributed by atoms with van der Waals surface area (Å²) in [6.45, 7) is 1.95. The molecule has 0 amide bonds. The van der Waals surface area contributed by atoms with Crippen LogP contribution in [0.4, 0.5) is 0 Å². The Morgan fingerprint density at radius 1 is 1.12 bits per heavy atom. The van der Waals surface area contributed by atoms with Gasteiger partial charge >= 0.3 is 0 Å². The van der Waals surface area contributed by atoms with Crippen LogP contribution in [0.25, 0.3) is 11.3 Å². The number of hydrogen-bond donors (Lipinski definition) is 0. The molecule has 17 heavy (non-hydrogen) atoms. The van der Waals surface area contributed by atoms with Gasteiger partial charge in [0, 0.05) is 12.0 Å². The summed E-state index contributed by atoms with van der Waals surface area (Å²) < 4.78 is 0. The number of aryl methyl sites for hydroxylation is 2. The van der Waals surface area contributed by atoms with Crippen molar-refractivity contribution >= 4 is 0 Å². The molecule has 1 aliphatic carbocycles. The Morgan fingerprint density at radius 2 is 2.06 bits per heavy atom. The highest BCUT2D eigenvalue weighted by Crippen LogP contribution is 2.27. The molecule has 2 radical (unpaired) electrons. The van der Waals surface area contributed by atoms with Gasteiger partial charge in [0.1, 0.15) is 0 Å². The van der Waals surface area contributed by atoms with E-state index in [0.29, 0.717) is 0 Å². The molecule has 1 aromatic carbocycles. The molecule has 2 aromatic rings. The van der Waals surface area contributed by atoms with Gasteiger partial charge in [-0.05, 0) is 55.5 Å². The number of nitrogens with zero attached hydrogens (tertiary/aromatic N) is 2. The minimum atomic E-state index is 0.936. The highest BCUT2D eigenvalue weighted by molar-refractivity contribution is 5.61. The van der Waals surface area contributed by atoms with Gasteiger partial charge in [0.25, 0.3) is 0 Å². The van der Waals surface area contributed by atoms with Crippen LogP contribution in [-0.2, 0) is 6.42 Å². The minimum Gasteiger partial charge on any atom is -0.155 e. The molecular formula is C15H14N2. The maximum Gasteiger partial charge on any atom is 0.0929 e. The van der Waals surface area contributed by atoms with Crippen LogP contribution in [0.5, 0.6) is 0 Å². The molecule has 1 aromatic heterocycles. The van der Waals surface area contributed by atoms with Crippen molar-refractivity contribution in [1.82, 2.24) is 10.2 Å². The van der Waals surface area contributed by atoms with Gasteiger partial charge in [-0.3, -0.25) is 0 Å². The zero-order valence-electron chi connectivity index (χ0n) is 9.90. The van der Waals surface area contributed by atoms with E-state index >= 15 is 0 Å². The third-order valence-electron chi connectivity index (χ3n) is 3.14. The lowest BCUT2D eigenvalue weighted by Gasteiger charge is -2.15. The molecule has 2 heteroatoms. The molecule has 0 saturated heterocycles. The van der Waals surface area contributed by atoms with Gasteiger partial charge in [0.2, 0.25) is 0 Å². The van der Waals surface area contributed by atoms with Crippen LogP contribution in [-0.4, -0.2) is 10.2 Å². The maximum absolute atomic E-state index is 4.22. The summed E-state index contributed by atoms with van der Waals surface area (Å²) in [5.74, 6) is 0. The topological polar surface area (TPSA) is 25.8 Å². The van der Waals surface area contributed by atoms with Crippen LogP contribution >= 0.6 is 0 Å². The average molecular weight is 222 g/mol. The van der Waals surface area contributed by atoms with E-state index in [4.69, 9.17) is 0 Å². The highest BCUT2D eigenvalue weighted by atomic mass is 15.1. The fourth-order valence-corrected chi connectivity index (χ4v) is 2.17. The predicted octanol–water partition coefficient (Wildman–Crippen LogP) is 3.22. The second kappa shape index (κ2) is 4.28. The molecule has 0 aliphatic heterocycles. The van der Waals surface area contributed by atoms with E-state index in [9.17, 15) is 0 Å². The quantitative estimate of drug-likeness (QED) is 0.740. The third-order valence-corrected chi connectivity index (χ3v) is 3.14. The molecule has 0 spiro atoms. The molecule has 1 aliphatic rings. The molecule has 0 fully saturated rings. The maximum atomic E-state index is 4.22. The van der Waals surface area contributed by atoms with Crippen LogP contribution < -0.4 is 0 Å². The first-order chi connectivity index (χ1) is 8.33. The molecule has 0 N–H and O–H groups in total. The van der Waals surface area contributed by atoms with Crippen molar-refractivity contribution in [2.24, 2.45) is 0 Å². The predicted molar refractivity (Wildman–Crippen MR) is 67.5 cm³/mol. The first kappa shape index (κ1) is 10.5. The Kier molecular flexibility index (Phi) is 2.63. The lowest BCUT2D eigenvalue weighted by molar-refractivity contribution is 0.775. The van der Waals surface area contributed by atoms with Crippen molar-refractivity contribution in [3.63, 3.8) is 0 Å². The van der Waals surface area contributed by atoms with Crippen molar-refractivity contribution in [2.75, 3.05) is 0 Å². The Hall–Kier alpha value is -1.70. The second-order valence-corrected chi connectivity index (χ2v) is 4.46. The SMILES string of the molecule is Cc1ccc(-c2ccc3c(c2)[C]CCC3)nn1. The van der Waals surface area contributed by atoms with Crippen LogP contribution in [0.3, 0.4) is 0 Å². The fourth-order valence-electron chi connectivity index (χ4n) is 2.17. The van der Waals surface area contributed by atoms with Crippen molar-refractivity contribution in [3.05, 3.63) is 53.6 Å². The molecule has 3 rings (SSSR count). The van der Waals surface area contributed by atoms with E-state index in [1.54, 1.807) is 0 Å². The van der Waals surface area contributed by atoms with Gasteiger partial charge in [0.15, 0.2) is 0 Å². The molecule has 0 saturated carbocycles. The highest BCUT2D eigenvalue weighted by Gasteiger charge is 2.11. The standard InChI is InChI=1S/C15H14N2/c1-11-6-9-15(17-16-11)14-8-7-12-4-2-3-5-13(12)10-14/h6-10H,2-4H2,1H3. The van der Waals surface area contributed by atoms with Crippen LogP contribution in [0, 0.1) is 13.3 Å². The van der Waals surface area contributed by atoms with E-state index in [0.717, 1.165) is 23.4 Å². The van der Waals surface area contributed by atoms with E-state index in [-0.39, 0.29) is 0 Å². The normalized spacial score (nSPS) is 14.4. The van der Waals surface area contributed by atoms with E-state index < -0.39 is 0 Å². The van der Waals surface area contributed by atoms with Gasteiger partial charge < -0.3 is 0 Å². The van der Waals surface area contributed by atoms with E-state index in [2.05, 4.69) is 34.8 Å². The number of aromatic nitrogens is 2. The Morgan fingerprint density at radius 3 is 2.88 bits per heavy atom. The van der Waals surface area contributed by atoms with Crippen molar-refractivity contribution in [2.45, 2.75) is 26.2 Å². The monoisotopic (exact) mass is 222 g/mol. The summed E-state index contributed by atoms with van der Waals surface area (Å²) in [7, 11) is 0. The number of benzene rings is 1. The molecule has 0 bridgehead atoms. The number of fused-ring (bicyclic) bond motifs is 1. The smallest absolute Gasteiger partial charge is 0.0929 e. The summed E-state index contributed by atoms with van der Waals surface area (Å²) in [5, 5.41) is 8.32. The summed E-state index contributed by atoms with van der Waals surface area (Å²) in [6, 6.07) is 10.5. The lowest BCUT2D eigenvalue weighted by atomic mass is 9.90. The van der Waals surface area contributed by atoms with Gasteiger partial charge in [0.05, 0.1) is 11.4 Å². The average Bonchev–Trinajstić information content (AvgIpc) is 2.39. The van der Waals surface area contributed by atoms with Crippen LogP contribution in [0.1, 0.15) is 29.7 Å². The van der Waals surface area contributed by atoms with Crippen molar-refractivity contribution in [1.29, 1.82) is 0 Å². The Bertz CT molecular complexity index is 529. The summed E-state index contributed by atoms with van der Waals surface area (Å²) in [6.07, 6.45) is 6.89. The van der Waals surface area contributed by atoms with E-state index in [1.807, 2.05) is 19.1 Å². The zero-order valence-corrected chi connectivity index (χ0v) is 9.90. The van der Waals surface area contributed by atoms with Crippen LogP contribution in [0.15, 0.2) is 30.3 Å². The van der Waals surface area contributed by atoms with Crippen molar-refractivity contribution < 1.29 is 0 Å². The van der Waals surface area contributed by atoms with Gasteiger partial charge in [-0.25, -0.2) is 0 Å². The number of rotatable bonds is 1. The Labute approximate surface area is 102 Å². The lowest BCUT2D eigenvalue weighted by Crippen LogP contribution is -2.01. The van der Waals surface area contributed by atoms with Crippen molar-refractivity contribution in [3.8, 4) is 11.3 Å². The second-order valence-electron chi connectivity index (χ2n) is 4.46. The zero-order chi connectivity index (χ0) is 11.7. The van der Waals surface area contributed by atoms with Gasteiger partial charge in [-0.15, -0.1) is 0 Å². The summed E-state index contributed by atoms with van der Waals surface area (Å²) in [4.78, 5) is 0. The molecule has 2 nitrogen and oxygen atoms in total. The van der Waals surface area contributed by atoms with E-state index in [1.165, 1.54) is 24.0 Å². The summed E-state index contributed by atoms with van der Waals surface area (Å²) in [5.41, 5.74) is 5.66. The third kappa shape index (κ3) is 2.07. The molecule has 1 heterocycles. The number of hydrogen-bond acceptors (Lipinski definition) is 2. The Balaban J connectivity index is 2.01. The molecule has 0 atom stereocenters. The van der Waals surface area contributed by atoms with Gasteiger partial charge in [-0.1, -0.05) is 12.1 Å². The fraction of sp³-hybridized carbons (Fsp3) is 0.267. The largest absolute Gasteiger partial charge is 0.155 e. The van der Waals surface area contributed by atoms with Crippen LogP contribution in [0.2, 0.25) is 0 Å². The summed E-state index contributed by atoms with van der Waals surface area (Å²) >= 11 is 0. The molecule has 0 unspecified atom stereocenters.